The molecule has 1 saturated carbocycles. The standard InChI is InChI=1S/C26H21FN2O3S/c27-18-10-13-22-23(14-18)33-26(29-22)28-19-11-8-16(9-12-19)15-4-6-17(7-5-15)24(30)20-2-1-3-21(20)25(31)32/h4-14,20-21H,1-3H2,(H,28,29)(H,31,32). The summed E-state index contributed by atoms with van der Waals surface area (Å²) in [6, 6.07) is 19.7. The van der Waals surface area contributed by atoms with E-state index < -0.39 is 17.8 Å². The second-order valence-corrected chi connectivity index (χ2v) is 9.29. The summed E-state index contributed by atoms with van der Waals surface area (Å²) in [5, 5.41) is 13.3. The molecule has 1 heterocycles. The minimum absolute atomic E-state index is 0.0817. The van der Waals surface area contributed by atoms with Crippen molar-refractivity contribution in [3.05, 3.63) is 78.1 Å². The predicted molar refractivity (Wildman–Crippen MR) is 128 cm³/mol. The summed E-state index contributed by atoms with van der Waals surface area (Å²) in [5.74, 6) is -2.25. The fourth-order valence-electron chi connectivity index (χ4n) is 4.43. The van der Waals surface area contributed by atoms with Gasteiger partial charge in [0.2, 0.25) is 0 Å². The van der Waals surface area contributed by atoms with Crippen molar-refractivity contribution in [3.8, 4) is 11.1 Å². The lowest BCUT2D eigenvalue weighted by atomic mass is 9.88. The van der Waals surface area contributed by atoms with Crippen molar-refractivity contribution in [1.29, 1.82) is 0 Å². The highest BCUT2D eigenvalue weighted by atomic mass is 32.1. The Hall–Kier alpha value is -3.58. The highest BCUT2D eigenvalue weighted by Crippen LogP contribution is 2.35. The summed E-state index contributed by atoms with van der Waals surface area (Å²) in [7, 11) is 0. The topological polar surface area (TPSA) is 79.3 Å². The van der Waals surface area contributed by atoms with Crippen molar-refractivity contribution in [2.75, 3.05) is 5.32 Å². The first-order valence-corrected chi connectivity index (χ1v) is 11.6. The Bertz CT molecular complexity index is 1330. The van der Waals surface area contributed by atoms with Crippen LogP contribution < -0.4 is 5.32 Å². The molecule has 33 heavy (non-hydrogen) atoms. The van der Waals surface area contributed by atoms with Crippen LogP contribution in [0.4, 0.5) is 15.2 Å². The van der Waals surface area contributed by atoms with E-state index in [0.717, 1.165) is 33.5 Å². The number of ketones is 1. The van der Waals surface area contributed by atoms with Crippen molar-refractivity contribution >= 4 is 44.1 Å². The molecule has 5 nitrogen and oxygen atoms in total. The third-order valence-electron chi connectivity index (χ3n) is 6.16. The van der Waals surface area contributed by atoms with Gasteiger partial charge in [-0.05, 0) is 54.3 Å². The maximum absolute atomic E-state index is 13.4. The lowest BCUT2D eigenvalue weighted by molar-refractivity contribution is -0.142. The highest BCUT2D eigenvalue weighted by molar-refractivity contribution is 7.22. The summed E-state index contributed by atoms with van der Waals surface area (Å²) in [6.45, 7) is 0. The van der Waals surface area contributed by atoms with Crippen LogP contribution in [-0.4, -0.2) is 21.8 Å². The number of thiazole rings is 1. The number of aromatic nitrogens is 1. The van der Waals surface area contributed by atoms with Crippen LogP contribution in [0.2, 0.25) is 0 Å². The molecule has 3 aromatic carbocycles. The molecule has 1 aliphatic carbocycles. The number of hydrogen-bond acceptors (Lipinski definition) is 5. The van der Waals surface area contributed by atoms with E-state index in [1.165, 1.54) is 23.5 Å². The van der Waals surface area contributed by atoms with Gasteiger partial charge < -0.3 is 10.4 Å². The molecule has 4 aromatic rings. The van der Waals surface area contributed by atoms with Crippen LogP contribution in [0.25, 0.3) is 21.3 Å². The number of rotatable bonds is 6. The van der Waals surface area contributed by atoms with Gasteiger partial charge in [0, 0.05) is 17.2 Å². The van der Waals surface area contributed by atoms with Crippen LogP contribution in [-0.2, 0) is 4.79 Å². The molecule has 0 bridgehead atoms. The van der Waals surface area contributed by atoms with Gasteiger partial charge in [0.1, 0.15) is 5.82 Å². The second-order valence-electron chi connectivity index (χ2n) is 8.26. The van der Waals surface area contributed by atoms with Crippen molar-refractivity contribution < 1.29 is 19.1 Å². The van der Waals surface area contributed by atoms with Crippen LogP contribution in [0.5, 0.6) is 0 Å². The molecule has 1 aliphatic rings. The van der Waals surface area contributed by atoms with Crippen molar-refractivity contribution in [2.24, 2.45) is 11.8 Å². The number of carbonyl (C=O) groups excluding carboxylic acids is 1. The van der Waals surface area contributed by atoms with Gasteiger partial charge in [-0.25, -0.2) is 9.37 Å². The normalized spacial score (nSPS) is 17.8. The van der Waals surface area contributed by atoms with Gasteiger partial charge in [-0.15, -0.1) is 0 Å². The average molecular weight is 461 g/mol. The maximum Gasteiger partial charge on any atom is 0.307 e. The van der Waals surface area contributed by atoms with E-state index in [1.54, 1.807) is 18.2 Å². The Kier molecular flexibility index (Phi) is 5.64. The molecular weight excluding hydrogens is 439 g/mol. The number of carbonyl (C=O) groups is 2. The van der Waals surface area contributed by atoms with E-state index in [1.807, 2.05) is 36.4 Å². The van der Waals surface area contributed by atoms with Crippen LogP contribution >= 0.6 is 11.3 Å². The number of carboxylic acid groups (broad SMARTS) is 1. The second kappa shape index (κ2) is 8.75. The van der Waals surface area contributed by atoms with Gasteiger partial charge >= 0.3 is 5.97 Å². The fourth-order valence-corrected chi connectivity index (χ4v) is 5.34. The molecule has 0 radical (unpaired) electrons. The molecule has 0 amide bonds. The SMILES string of the molecule is O=C(O)C1CCCC1C(=O)c1ccc(-c2ccc(Nc3nc4ccc(F)cc4s3)cc2)cc1. The third kappa shape index (κ3) is 4.36. The van der Waals surface area contributed by atoms with E-state index in [0.29, 0.717) is 23.5 Å². The molecule has 2 atom stereocenters. The lowest BCUT2D eigenvalue weighted by Gasteiger charge is -2.14. The zero-order valence-electron chi connectivity index (χ0n) is 17.6. The van der Waals surface area contributed by atoms with E-state index in [9.17, 15) is 19.1 Å². The van der Waals surface area contributed by atoms with Crippen molar-refractivity contribution in [2.45, 2.75) is 19.3 Å². The molecule has 1 aromatic heterocycles. The zero-order chi connectivity index (χ0) is 22.9. The minimum Gasteiger partial charge on any atom is -0.481 e. The Labute approximate surface area is 193 Å². The Balaban J connectivity index is 1.29. The first-order chi connectivity index (χ1) is 16.0. The molecular formula is C26H21FN2O3S. The van der Waals surface area contributed by atoms with Gasteiger partial charge in [0.25, 0.3) is 0 Å². The van der Waals surface area contributed by atoms with E-state index in [2.05, 4.69) is 10.3 Å². The van der Waals surface area contributed by atoms with E-state index >= 15 is 0 Å². The van der Waals surface area contributed by atoms with Crippen molar-refractivity contribution in [1.82, 2.24) is 4.98 Å². The van der Waals surface area contributed by atoms with Crippen LogP contribution in [0.15, 0.2) is 66.7 Å². The number of fused-ring (bicyclic) bond motifs is 1. The first-order valence-electron chi connectivity index (χ1n) is 10.8. The number of nitrogens with one attached hydrogen (secondary N) is 1. The monoisotopic (exact) mass is 460 g/mol. The number of aliphatic carboxylic acids is 1. The van der Waals surface area contributed by atoms with Gasteiger partial charge in [0.15, 0.2) is 10.9 Å². The molecule has 166 valence electrons. The molecule has 0 aliphatic heterocycles. The number of benzene rings is 3. The molecule has 1 fully saturated rings. The molecule has 2 N–H and O–H groups in total. The predicted octanol–water partition coefficient (Wildman–Crippen LogP) is 6.53. The number of hydrogen-bond donors (Lipinski definition) is 2. The molecule has 0 saturated heterocycles. The summed E-state index contributed by atoms with van der Waals surface area (Å²) in [4.78, 5) is 28.7. The summed E-state index contributed by atoms with van der Waals surface area (Å²) >= 11 is 1.39. The fraction of sp³-hybridized carbons (Fsp3) is 0.192. The summed E-state index contributed by atoms with van der Waals surface area (Å²) in [5.41, 5.74) is 4.14. The molecule has 0 spiro atoms. The number of carboxylic acids is 1. The van der Waals surface area contributed by atoms with Gasteiger partial charge in [0.05, 0.1) is 16.1 Å². The van der Waals surface area contributed by atoms with Gasteiger partial charge in [-0.1, -0.05) is 54.2 Å². The molecule has 2 unspecified atom stereocenters. The highest BCUT2D eigenvalue weighted by Gasteiger charge is 2.37. The smallest absolute Gasteiger partial charge is 0.307 e. The molecule has 7 heteroatoms. The third-order valence-corrected chi connectivity index (χ3v) is 7.09. The van der Waals surface area contributed by atoms with E-state index in [4.69, 9.17) is 0 Å². The van der Waals surface area contributed by atoms with E-state index in [-0.39, 0.29) is 11.6 Å². The Morgan fingerprint density at radius 3 is 2.30 bits per heavy atom. The van der Waals surface area contributed by atoms with Crippen LogP contribution in [0, 0.1) is 17.7 Å². The number of halogens is 1. The Morgan fingerprint density at radius 2 is 1.61 bits per heavy atom. The number of nitrogens with zero attached hydrogens (tertiary/aromatic N) is 1. The number of anilines is 2. The van der Waals surface area contributed by atoms with Gasteiger partial charge in [-0.3, -0.25) is 9.59 Å². The average Bonchev–Trinajstić information content (AvgIpc) is 3.46. The maximum atomic E-state index is 13.4. The summed E-state index contributed by atoms with van der Waals surface area (Å²) in [6.07, 6.45) is 1.98. The van der Waals surface area contributed by atoms with Crippen LogP contribution in [0.3, 0.4) is 0 Å². The summed E-state index contributed by atoms with van der Waals surface area (Å²) < 4.78 is 14.2. The number of Topliss-reactive ketones (excluding diaryl/α,β-unsaturated/α-hetero) is 1. The lowest BCUT2D eigenvalue weighted by Crippen LogP contribution is -2.25. The quantitative estimate of drug-likeness (QED) is 0.320. The molecule has 5 rings (SSSR count). The zero-order valence-corrected chi connectivity index (χ0v) is 18.4. The largest absolute Gasteiger partial charge is 0.481 e. The van der Waals surface area contributed by atoms with Crippen molar-refractivity contribution in [3.63, 3.8) is 0 Å². The van der Waals surface area contributed by atoms with Crippen LogP contribution in [0.1, 0.15) is 29.6 Å². The first kappa shape index (κ1) is 21.3. The Morgan fingerprint density at radius 1 is 0.939 bits per heavy atom. The minimum atomic E-state index is -0.880. The van der Waals surface area contributed by atoms with Gasteiger partial charge in [-0.2, -0.15) is 0 Å².